The van der Waals surface area contributed by atoms with Crippen LogP contribution in [0.5, 0.6) is 0 Å². The Kier molecular flexibility index (Phi) is 5.40. The topological polar surface area (TPSA) is 71.3 Å². The number of nitrogens with one attached hydrogen (secondary N) is 1. The van der Waals surface area contributed by atoms with Crippen LogP contribution in [0.15, 0.2) is 22.8 Å². The zero-order valence-corrected chi connectivity index (χ0v) is 14.1. The van der Waals surface area contributed by atoms with Gasteiger partial charge in [-0.3, -0.25) is 9.69 Å². The van der Waals surface area contributed by atoms with Crippen LogP contribution in [-0.2, 0) is 6.54 Å². The van der Waals surface area contributed by atoms with Crippen molar-refractivity contribution in [3.05, 3.63) is 34.7 Å². The summed E-state index contributed by atoms with van der Waals surface area (Å²) in [5, 5.41) is 6.86. The van der Waals surface area contributed by atoms with E-state index in [1.807, 2.05) is 19.1 Å². The molecule has 6 nitrogen and oxygen atoms in total. The number of rotatable bonds is 6. The minimum atomic E-state index is -0.0549. The molecule has 2 aromatic rings. The van der Waals surface area contributed by atoms with E-state index in [1.165, 1.54) is 12.8 Å². The van der Waals surface area contributed by atoms with E-state index >= 15 is 0 Å². The monoisotopic (exact) mass is 334 g/mol. The molecular weight excluding hydrogens is 312 g/mol. The smallest absolute Gasteiger partial charge is 0.264 e. The van der Waals surface area contributed by atoms with Gasteiger partial charge in [-0.15, -0.1) is 5.10 Å². The number of hydrogen-bond acceptors (Lipinski definition) is 6. The molecule has 7 heteroatoms. The molecule has 1 atom stereocenters. The molecule has 0 aromatic carbocycles. The molecule has 2 aromatic heterocycles. The van der Waals surface area contributed by atoms with E-state index in [4.69, 9.17) is 4.42 Å². The summed E-state index contributed by atoms with van der Waals surface area (Å²) in [5.74, 6) is 1.59. The van der Waals surface area contributed by atoms with Gasteiger partial charge < -0.3 is 9.73 Å². The van der Waals surface area contributed by atoms with Gasteiger partial charge >= 0.3 is 0 Å². The van der Waals surface area contributed by atoms with E-state index in [1.54, 1.807) is 6.26 Å². The van der Waals surface area contributed by atoms with Crippen molar-refractivity contribution in [1.82, 2.24) is 19.8 Å². The van der Waals surface area contributed by atoms with Crippen LogP contribution in [0.3, 0.4) is 0 Å². The fourth-order valence-corrected chi connectivity index (χ4v) is 3.64. The van der Waals surface area contributed by atoms with Gasteiger partial charge in [0.1, 0.15) is 10.6 Å². The minimum absolute atomic E-state index is 0.0549. The molecule has 1 saturated heterocycles. The number of carbonyl (C=O) groups is 1. The van der Waals surface area contributed by atoms with Gasteiger partial charge in [-0.25, -0.2) is 0 Å². The van der Waals surface area contributed by atoms with E-state index in [0.717, 1.165) is 43.3 Å². The van der Waals surface area contributed by atoms with Gasteiger partial charge in [0.25, 0.3) is 5.91 Å². The van der Waals surface area contributed by atoms with Gasteiger partial charge in [-0.1, -0.05) is 4.49 Å². The predicted octanol–water partition coefficient (Wildman–Crippen LogP) is 2.47. The van der Waals surface area contributed by atoms with E-state index in [-0.39, 0.29) is 5.91 Å². The van der Waals surface area contributed by atoms with Gasteiger partial charge in [0.15, 0.2) is 0 Å². The Morgan fingerprint density at radius 3 is 3.22 bits per heavy atom. The molecule has 0 radical (unpaired) electrons. The first kappa shape index (κ1) is 16.1. The quantitative estimate of drug-likeness (QED) is 0.879. The van der Waals surface area contributed by atoms with E-state index < -0.39 is 0 Å². The molecule has 0 aliphatic carbocycles. The highest BCUT2D eigenvalue weighted by Crippen LogP contribution is 2.21. The van der Waals surface area contributed by atoms with Crippen LogP contribution in [0.25, 0.3) is 0 Å². The molecule has 1 amide bonds. The number of hydrogen-bond donors (Lipinski definition) is 1. The number of piperidine rings is 1. The maximum Gasteiger partial charge on any atom is 0.264 e. The lowest BCUT2D eigenvalue weighted by molar-refractivity contribution is 0.0949. The van der Waals surface area contributed by atoms with Gasteiger partial charge in [0.05, 0.1) is 18.5 Å². The zero-order chi connectivity index (χ0) is 16.1. The van der Waals surface area contributed by atoms with Gasteiger partial charge in [0.2, 0.25) is 0 Å². The van der Waals surface area contributed by atoms with Crippen LogP contribution in [-0.4, -0.2) is 40.0 Å². The lowest BCUT2D eigenvalue weighted by Gasteiger charge is -2.32. The van der Waals surface area contributed by atoms with Crippen LogP contribution in [0.4, 0.5) is 0 Å². The van der Waals surface area contributed by atoms with Crippen molar-refractivity contribution >= 4 is 17.4 Å². The number of nitrogens with zero attached hydrogens (tertiary/aromatic N) is 3. The van der Waals surface area contributed by atoms with Gasteiger partial charge in [-0.2, -0.15) is 0 Å². The van der Waals surface area contributed by atoms with Crippen molar-refractivity contribution in [3.63, 3.8) is 0 Å². The van der Waals surface area contributed by atoms with Crippen molar-refractivity contribution < 1.29 is 9.21 Å². The van der Waals surface area contributed by atoms with Crippen molar-refractivity contribution in [2.75, 3.05) is 19.6 Å². The minimum Gasteiger partial charge on any atom is -0.468 e. The maximum absolute atomic E-state index is 12.0. The van der Waals surface area contributed by atoms with Gasteiger partial charge in [-0.05, 0) is 62.3 Å². The summed E-state index contributed by atoms with van der Waals surface area (Å²) in [5.41, 5.74) is 0.704. The Bertz CT molecular complexity index is 626. The lowest BCUT2D eigenvalue weighted by atomic mass is 9.94. The first-order valence-corrected chi connectivity index (χ1v) is 8.81. The van der Waals surface area contributed by atoms with Crippen LogP contribution in [0.2, 0.25) is 0 Å². The SMILES string of the molecule is Cc1nnsc1C(=O)NCCC1CCCN(Cc2ccco2)C1. The molecule has 3 rings (SSSR count). The molecular formula is C16H22N4O2S. The standard InChI is InChI=1S/C16H22N4O2S/c1-12-15(23-19-18-12)16(21)17-7-6-13-4-2-8-20(10-13)11-14-5-3-9-22-14/h3,5,9,13H,2,4,6-8,10-11H2,1H3,(H,17,21). The first-order chi connectivity index (χ1) is 11.2. The summed E-state index contributed by atoms with van der Waals surface area (Å²) >= 11 is 1.15. The highest BCUT2D eigenvalue weighted by molar-refractivity contribution is 7.07. The second-order valence-corrected chi connectivity index (χ2v) is 6.81. The first-order valence-electron chi connectivity index (χ1n) is 8.04. The molecule has 124 valence electrons. The molecule has 1 N–H and O–H groups in total. The fourth-order valence-electron chi connectivity index (χ4n) is 3.06. The van der Waals surface area contributed by atoms with Crippen LogP contribution < -0.4 is 5.32 Å². The van der Waals surface area contributed by atoms with Crippen LogP contribution >= 0.6 is 11.5 Å². The van der Waals surface area contributed by atoms with Crippen molar-refractivity contribution in [2.24, 2.45) is 5.92 Å². The Morgan fingerprint density at radius 2 is 2.48 bits per heavy atom. The number of aromatic nitrogens is 2. The lowest BCUT2D eigenvalue weighted by Crippen LogP contribution is -2.36. The molecule has 0 saturated carbocycles. The number of furan rings is 1. The highest BCUT2D eigenvalue weighted by Gasteiger charge is 2.21. The van der Waals surface area contributed by atoms with Crippen LogP contribution in [0, 0.1) is 12.8 Å². The Hall–Kier alpha value is -1.73. The third-order valence-electron chi connectivity index (χ3n) is 4.26. The van der Waals surface area contributed by atoms with E-state index in [0.29, 0.717) is 23.0 Å². The summed E-state index contributed by atoms with van der Waals surface area (Å²) in [6, 6.07) is 3.96. The normalized spacial score (nSPS) is 18.9. The van der Waals surface area contributed by atoms with Crippen LogP contribution in [0.1, 0.15) is 40.4 Å². The van der Waals surface area contributed by atoms with E-state index in [2.05, 4.69) is 19.8 Å². The molecule has 23 heavy (non-hydrogen) atoms. The number of amides is 1. The maximum atomic E-state index is 12.0. The van der Waals surface area contributed by atoms with Crippen molar-refractivity contribution in [1.29, 1.82) is 0 Å². The third-order valence-corrected chi connectivity index (χ3v) is 5.09. The largest absolute Gasteiger partial charge is 0.468 e. The molecule has 0 bridgehead atoms. The second-order valence-electron chi connectivity index (χ2n) is 6.05. The summed E-state index contributed by atoms with van der Waals surface area (Å²) < 4.78 is 9.23. The molecule has 1 aliphatic rings. The Labute approximate surface area is 140 Å². The number of likely N-dealkylation sites (tertiary alicyclic amines) is 1. The van der Waals surface area contributed by atoms with Crippen molar-refractivity contribution in [3.8, 4) is 0 Å². The van der Waals surface area contributed by atoms with E-state index in [9.17, 15) is 4.79 Å². The molecule has 0 spiro atoms. The summed E-state index contributed by atoms with van der Waals surface area (Å²) in [4.78, 5) is 15.1. The molecule has 1 aliphatic heterocycles. The summed E-state index contributed by atoms with van der Waals surface area (Å²) in [6.07, 6.45) is 5.16. The Balaban J connectivity index is 1.41. The Morgan fingerprint density at radius 1 is 1.57 bits per heavy atom. The highest BCUT2D eigenvalue weighted by atomic mass is 32.1. The molecule has 1 unspecified atom stereocenters. The average Bonchev–Trinajstić information content (AvgIpc) is 3.19. The molecule has 3 heterocycles. The third kappa shape index (κ3) is 4.39. The summed E-state index contributed by atoms with van der Waals surface area (Å²) in [7, 11) is 0. The number of carbonyl (C=O) groups excluding carboxylic acids is 1. The fraction of sp³-hybridized carbons (Fsp3) is 0.562. The summed E-state index contributed by atoms with van der Waals surface area (Å²) in [6.45, 7) is 5.58. The number of aryl methyl sites for hydroxylation is 1. The molecule has 1 fully saturated rings. The average molecular weight is 334 g/mol. The van der Waals surface area contributed by atoms with Crippen molar-refractivity contribution in [2.45, 2.75) is 32.7 Å². The second kappa shape index (κ2) is 7.70. The van der Waals surface area contributed by atoms with Gasteiger partial charge in [0, 0.05) is 13.1 Å². The zero-order valence-electron chi connectivity index (χ0n) is 13.3. The predicted molar refractivity (Wildman–Crippen MR) is 88.3 cm³/mol.